The first kappa shape index (κ1) is 28.9. The van der Waals surface area contributed by atoms with Gasteiger partial charge in [-0.15, -0.1) is 0 Å². The van der Waals surface area contributed by atoms with E-state index in [-0.39, 0.29) is 0 Å². The molecule has 1 saturated heterocycles. The molecule has 1 aliphatic heterocycles. The Bertz CT molecular complexity index is 1140. The lowest BCUT2D eigenvalue weighted by Gasteiger charge is -2.32. The predicted octanol–water partition coefficient (Wildman–Crippen LogP) is 5.49. The van der Waals surface area contributed by atoms with Gasteiger partial charge in [0.25, 0.3) is 0 Å². The highest BCUT2D eigenvalue weighted by molar-refractivity contribution is 9.11. The van der Waals surface area contributed by atoms with Crippen LogP contribution < -0.4 is 28.4 Å². The maximum atomic E-state index is 12.5. The van der Waals surface area contributed by atoms with Crippen molar-refractivity contribution in [2.24, 2.45) is 5.92 Å². The van der Waals surface area contributed by atoms with E-state index in [0.29, 0.717) is 56.5 Å². The standard InChI is InChI=1S/C27H31Br2NO7/c1-30-12-17(8-15-10-20(32-2)24(34-4)26(36-6)22(15)28)19(14-31)18(13-30)9-16-11-21(33-3)25(35-5)27(37-7)23(16)29/h8-11,14,19H,12-13H2,1-7H3. The Morgan fingerprint density at radius 2 is 1.08 bits per heavy atom. The lowest BCUT2D eigenvalue weighted by molar-refractivity contribution is -0.109. The van der Waals surface area contributed by atoms with E-state index in [0.717, 1.165) is 28.6 Å². The van der Waals surface area contributed by atoms with Crippen LogP contribution in [0.5, 0.6) is 34.5 Å². The lowest BCUT2D eigenvalue weighted by Crippen LogP contribution is -2.35. The van der Waals surface area contributed by atoms with Gasteiger partial charge < -0.3 is 33.2 Å². The first-order valence-electron chi connectivity index (χ1n) is 11.3. The maximum Gasteiger partial charge on any atom is 0.204 e. The fourth-order valence-electron chi connectivity index (χ4n) is 4.45. The van der Waals surface area contributed by atoms with Gasteiger partial charge in [-0.05, 0) is 73.3 Å². The Balaban J connectivity index is 2.17. The summed E-state index contributed by atoms with van der Waals surface area (Å²) >= 11 is 7.27. The second kappa shape index (κ2) is 12.7. The third-order valence-electron chi connectivity index (χ3n) is 6.12. The molecule has 10 heteroatoms. The highest BCUT2D eigenvalue weighted by Crippen LogP contribution is 2.47. The number of methoxy groups -OCH3 is 6. The van der Waals surface area contributed by atoms with Gasteiger partial charge in [-0.25, -0.2) is 0 Å². The zero-order chi connectivity index (χ0) is 27.3. The molecule has 2 aromatic carbocycles. The van der Waals surface area contributed by atoms with E-state index in [9.17, 15) is 4.79 Å². The molecule has 8 nitrogen and oxygen atoms in total. The van der Waals surface area contributed by atoms with Crippen molar-refractivity contribution < 1.29 is 33.2 Å². The van der Waals surface area contributed by atoms with E-state index >= 15 is 0 Å². The van der Waals surface area contributed by atoms with Crippen LogP contribution in [0.4, 0.5) is 0 Å². The minimum absolute atomic E-state index is 0.437. The number of carbonyl (C=O) groups excluding carboxylic acids is 1. The molecule has 0 amide bonds. The molecule has 2 aromatic rings. The number of likely N-dealkylation sites (tertiary alicyclic amines) is 1. The van der Waals surface area contributed by atoms with Crippen LogP contribution in [0.15, 0.2) is 32.2 Å². The lowest BCUT2D eigenvalue weighted by atomic mass is 9.85. The van der Waals surface area contributed by atoms with Gasteiger partial charge in [0.15, 0.2) is 23.0 Å². The predicted molar refractivity (Wildman–Crippen MR) is 151 cm³/mol. The van der Waals surface area contributed by atoms with Gasteiger partial charge in [-0.1, -0.05) is 12.2 Å². The SMILES string of the molecule is COc1cc(C=C2CN(C)CC(=Cc3cc(OC)c(OC)c(OC)c3Br)C2C=O)c(Br)c(OC)c1OC. The van der Waals surface area contributed by atoms with Crippen molar-refractivity contribution in [2.45, 2.75) is 0 Å². The number of carbonyl (C=O) groups is 1. The van der Waals surface area contributed by atoms with Gasteiger partial charge in [0.2, 0.25) is 11.5 Å². The van der Waals surface area contributed by atoms with Crippen molar-refractivity contribution in [3.05, 3.63) is 43.4 Å². The zero-order valence-electron chi connectivity index (χ0n) is 21.9. The van der Waals surface area contributed by atoms with Crippen molar-refractivity contribution in [3.63, 3.8) is 0 Å². The summed E-state index contributed by atoms with van der Waals surface area (Å²) in [5.41, 5.74) is 3.46. The van der Waals surface area contributed by atoms with E-state index in [1.165, 1.54) is 0 Å². The summed E-state index contributed by atoms with van der Waals surface area (Å²) < 4.78 is 34.6. The molecule has 0 saturated carbocycles. The number of nitrogens with zero attached hydrogens (tertiary/aromatic N) is 1. The molecule has 0 atom stereocenters. The Labute approximate surface area is 234 Å². The molecule has 3 rings (SSSR count). The molecule has 0 unspecified atom stereocenters. The van der Waals surface area contributed by atoms with Gasteiger partial charge in [-0.3, -0.25) is 4.90 Å². The zero-order valence-corrected chi connectivity index (χ0v) is 25.1. The Morgan fingerprint density at radius 3 is 1.38 bits per heavy atom. The van der Waals surface area contributed by atoms with Crippen molar-refractivity contribution in [2.75, 3.05) is 62.8 Å². The second-order valence-corrected chi connectivity index (χ2v) is 9.91. The average molecular weight is 641 g/mol. The average Bonchev–Trinajstić information content (AvgIpc) is 2.89. The molecule has 0 aromatic heterocycles. The van der Waals surface area contributed by atoms with Gasteiger partial charge in [-0.2, -0.15) is 0 Å². The summed E-state index contributed by atoms with van der Waals surface area (Å²) in [7, 11) is 11.4. The van der Waals surface area contributed by atoms with Crippen LogP contribution in [0.2, 0.25) is 0 Å². The van der Waals surface area contributed by atoms with Crippen LogP contribution >= 0.6 is 31.9 Å². The fraction of sp³-hybridized carbons (Fsp3) is 0.370. The normalized spacial score (nSPS) is 18.0. The van der Waals surface area contributed by atoms with Crippen molar-refractivity contribution in [1.82, 2.24) is 4.90 Å². The minimum atomic E-state index is -0.437. The van der Waals surface area contributed by atoms with Crippen LogP contribution in [0.1, 0.15) is 11.1 Å². The summed E-state index contributed by atoms with van der Waals surface area (Å²) in [5, 5.41) is 0. The molecular formula is C27H31Br2NO7. The van der Waals surface area contributed by atoms with Crippen molar-refractivity contribution >= 4 is 50.3 Å². The molecule has 0 radical (unpaired) electrons. The van der Waals surface area contributed by atoms with Crippen molar-refractivity contribution in [3.8, 4) is 34.5 Å². The summed E-state index contributed by atoms with van der Waals surface area (Å²) in [6.07, 6.45) is 4.95. The van der Waals surface area contributed by atoms with Gasteiger partial charge in [0, 0.05) is 13.1 Å². The third kappa shape index (κ3) is 5.76. The molecule has 0 aliphatic carbocycles. The van der Waals surface area contributed by atoms with E-state index in [4.69, 9.17) is 28.4 Å². The van der Waals surface area contributed by atoms with E-state index in [2.05, 4.69) is 36.8 Å². The van der Waals surface area contributed by atoms with Gasteiger partial charge in [0.05, 0.1) is 57.5 Å². The van der Waals surface area contributed by atoms with Crippen LogP contribution in [0.3, 0.4) is 0 Å². The van der Waals surface area contributed by atoms with Gasteiger partial charge in [0.1, 0.15) is 6.29 Å². The molecule has 0 spiro atoms. The van der Waals surface area contributed by atoms with Crippen LogP contribution in [-0.2, 0) is 4.79 Å². The summed E-state index contributed by atoms with van der Waals surface area (Å²) in [6.45, 7) is 1.22. The summed E-state index contributed by atoms with van der Waals surface area (Å²) in [5.74, 6) is 2.61. The number of ether oxygens (including phenoxy) is 6. The maximum absolute atomic E-state index is 12.5. The number of piperidine rings is 1. The molecule has 37 heavy (non-hydrogen) atoms. The van der Waals surface area contributed by atoms with E-state index < -0.39 is 5.92 Å². The highest BCUT2D eigenvalue weighted by atomic mass is 79.9. The highest BCUT2D eigenvalue weighted by Gasteiger charge is 2.28. The number of benzene rings is 2. The molecule has 200 valence electrons. The minimum Gasteiger partial charge on any atom is -0.493 e. The van der Waals surface area contributed by atoms with E-state index in [1.54, 1.807) is 42.7 Å². The number of halogens is 2. The van der Waals surface area contributed by atoms with Crippen LogP contribution in [0.25, 0.3) is 12.2 Å². The molecule has 0 N–H and O–H groups in total. The fourth-order valence-corrected chi connectivity index (χ4v) is 5.59. The molecular weight excluding hydrogens is 610 g/mol. The van der Waals surface area contributed by atoms with Crippen LogP contribution in [-0.4, -0.2) is 74.0 Å². The number of hydrogen-bond donors (Lipinski definition) is 0. The number of aldehydes is 1. The quantitative estimate of drug-likeness (QED) is 0.333. The second-order valence-electron chi connectivity index (χ2n) is 8.32. The van der Waals surface area contributed by atoms with Crippen molar-refractivity contribution in [1.29, 1.82) is 0 Å². The number of likely N-dealkylation sites (N-methyl/N-ethyl adjacent to an activating group) is 1. The summed E-state index contributed by atoms with van der Waals surface area (Å²) in [6, 6.07) is 3.71. The Morgan fingerprint density at radius 1 is 0.703 bits per heavy atom. The Kier molecular flexibility index (Phi) is 9.92. The smallest absolute Gasteiger partial charge is 0.204 e. The first-order chi connectivity index (χ1) is 17.8. The van der Waals surface area contributed by atoms with E-state index in [1.807, 2.05) is 31.3 Å². The molecule has 1 fully saturated rings. The van der Waals surface area contributed by atoms with Gasteiger partial charge >= 0.3 is 0 Å². The molecule has 1 aliphatic rings. The summed E-state index contributed by atoms with van der Waals surface area (Å²) in [4.78, 5) is 14.6. The van der Waals surface area contributed by atoms with Crippen LogP contribution in [0, 0.1) is 5.92 Å². The monoisotopic (exact) mass is 639 g/mol. The topological polar surface area (TPSA) is 75.7 Å². The third-order valence-corrected chi connectivity index (χ3v) is 7.75. The number of hydrogen-bond acceptors (Lipinski definition) is 8. The number of rotatable bonds is 9. The largest absolute Gasteiger partial charge is 0.493 e. The Hall–Kier alpha value is -2.69. The molecule has 0 bridgehead atoms. The first-order valence-corrected chi connectivity index (χ1v) is 12.9. The molecule has 1 heterocycles.